The van der Waals surface area contributed by atoms with Crippen molar-refractivity contribution in [1.29, 1.82) is 0 Å². The topological polar surface area (TPSA) is 38.3 Å². The summed E-state index contributed by atoms with van der Waals surface area (Å²) in [6.07, 6.45) is 0. The number of nitrogens with one attached hydrogen (secondary N) is 1. The molecule has 0 fully saturated rings. The second-order valence-corrected chi connectivity index (χ2v) is 6.00. The molecule has 19 heavy (non-hydrogen) atoms. The Hall–Kier alpha value is -1.69. The largest absolute Gasteiger partial charge is 0.284 e. The predicted octanol–water partition coefficient (Wildman–Crippen LogP) is 3.82. The third kappa shape index (κ3) is 2.84. The van der Waals surface area contributed by atoms with Gasteiger partial charge in [-0.2, -0.15) is 0 Å². The van der Waals surface area contributed by atoms with Gasteiger partial charge in [-0.1, -0.05) is 30.3 Å². The third-order valence-electron chi connectivity index (χ3n) is 2.61. The van der Waals surface area contributed by atoms with Crippen molar-refractivity contribution in [3.8, 4) is 0 Å². The Morgan fingerprint density at radius 3 is 2.79 bits per heavy atom. The maximum Gasteiger partial charge on any atom is 0.284 e. The van der Waals surface area contributed by atoms with Gasteiger partial charge in [0, 0.05) is 9.40 Å². The van der Waals surface area contributed by atoms with E-state index in [9.17, 15) is 4.79 Å². The van der Waals surface area contributed by atoms with Crippen LogP contribution in [0.3, 0.4) is 0 Å². The van der Waals surface area contributed by atoms with Gasteiger partial charge in [-0.05, 0) is 23.1 Å². The molecule has 3 nitrogen and oxygen atoms in total. The maximum absolute atomic E-state index is 11.9. The van der Waals surface area contributed by atoms with E-state index in [0.29, 0.717) is 11.5 Å². The minimum Gasteiger partial charge on any atom is -0.269 e. The highest BCUT2D eigenvalue weighted by Gasteiger charge is 2.10. The van der Waals surface area contributed by atoms with E-state index in [4.69, 9.17) is 4.84 Å². The molecule has 96 valence electrons. The van der Waals surface area contributed by atoms with Gasteiger partial charge in [0.2, 0.25) is 0 Å². The van der Waals surface area contributed by atoms with E-state index < -0.39 is 0 Å². The number of benzene rings is 1. The summed E-state index contributed by atoms with van der Waals surface area (Å²) in [6.45, 7) is 0.367. The van der Waals surface area contributed by atoms with Crippen LogP contribution in [0.15, 0.2) is 47.8 Å². The highest BCUT2D eigenvalue weighted by Crippen LogP contribution is 2.29. The first kappa shape index (κ1) is 12.3. The number of amides is 1. The van der Waals surface area contributed by atoms with Gasteiger partial charge in [0.25, 0.3) is 5.91 Å². The lowest BCUT2D eigenvalue weighted by atomic mass is 10.2. The zero-order valence-corrected chi connectivity index (χ0v) is 11.6. The van der Waals surface area contributed by atoms with Crippen molar-refractivity contribution in [2.24, 2.45) is 0 Å². The van der Waals surface area contributed by atoms with Gasteiger partial charge in [-0.25, -0.2) is 5.48 Å². The van der Waals surface area contributed by atoms with Crippen molar-refractivity contribution >= 4 is 38.0 Å². The Kier molecular flexibility index (Phi) is 3.59. The van der Waals surface area contributed by atoms with E-state index in [1.54, 1.807) is 11.3 Å². The Labute approximate surface area is 118 Å². The van der Waals surface area contributed by atoms with Crippen molar-refractivity contribution in [1.82, 2.24) is 5.48 Å². The van der Waals surface area contributed by atoms with Gasteiger partial charge in [-0.3, -0.25) is 9.63 Å². The fourth-order valence-corrected chi connectivity index (χ4v) is 3.68. The van der Waals surface area contributed by atoms with Crippen molar-refractivity contribution in [3.05, 3.63) is 58.3 Å². The molecule has 1 N–H and O–H groups in total. The van der Waals surface area contributed by atoms with Crippen molar-refractivity contribution in [3.63, 3.8) is 0 Å². The van der Waals surface area contributed by atoms with Crippen LogP contribution in [0.5, 0.6) is 0 Å². The summed E-state index contributed by atoms with van der Waals surface area (Å²) < 4.78 is 2.27. The number of thiophene rings is 2. The zero-order valence-electron chi connectivity index (χ0n) is 9.96. The minimum absolute atomic E-state index is 0.190. The smallest absolute Gasteiger partial charge is 0.269 e. The van der Waals surface area contributed by atoms with Crippen LogP contribution in [-0.4, -0.2) is 5.91 Å². The van der Waals surface area contributed by atoms with Gasteiger partial charge >= 0.3 is 0 Å². The first-order chi connectivity index (χ1) is 9.33. The van der Waals surface area contributed by atoms with Crippen molar-refractivity contribution in [2.45, 2.75) is 6.61 Å². The van der Waals surface area contributed by atoms with E-state index in [1.807, 2.05) is 47.8 Å². The molecule has 0 radical (unpaired) electrons. The minimum atomic E-state index is -0.190. The first-order valence-corrected chi connectivity index (χ1v) is 7.45. The zero-order chi connectivity index (χ0) is 13.1. The number of hydrogen-bond acceptors (Lipinski definition) is 4. The normalized spacial score (nSPS) is 10.7. The molecule has 0 atom stereocenters. The monoisotopic (exact) mass is 289 g/mol. The molecule has 2 heterocycles. The molecule has 3 rings (SSSR count). The third-order valence-corrected chi connectivity index (χ3v) is 4.70. The van der Waals surface area contributed by atoms with Crippen LogP contribution >= 0.6 is 22.7 Å². The van der Waals surface area contributed by atoms with Gasteiger partial charge in [-0.15, -0.1) is 22.7 Å². The lowest BCUT2D eigenvalue weighted by Crippen LogP contribution is -2.22. The van der Waals surface area contributed by atoms with Gasteiger partial charge < -0.3 is 0 Å². The van der Waals surface area contributed by atoms with E-state index in [-0.39, 0.29) is 5.91 Å². The predicted molar refractivity (Wildman–Crippen MR) is 78.4 cm³/mol. The number of rotatable bonds is 4. The van der Waals surface area contributed by atoms with Crippen LogP contribution in [0.25, 0.3) is 9.40 Å². The van der Waals surface area contributed by atoms with Crippen LogP contribution in [0.2, 0.25) is 0 Å². The average Bonchev–Trinajstić information content (AvgIpc) is 3.00. The molecule has 3 aromatic rings. The molecule has 0 saturated heterocycles. The molecule has 2 aromatic heterocycles. The molecule has 0 aliphatic heterocycles. The summed E-state index contributed by atoms with van der Waals surface area (Å²) in [7, 11) is 0. The summed E-state index contributed by atoms with van der Waals surface area (Å²) in [4.78, 5) is 17.8. The summed E-state index contributed by atoms with van der Waals surface area (Å²) in [5, 5.41) is 2.02. The second kappa shape index (κ2) is 5.52. The number of hydrogen-bond donors (Lipinski definition) is 1. The van der Waals surface area contributed by atoms with Crippen LogP contribution < -0.4 is 5.48 Å². The lowest BCUT2D eigenvalue weighted by Gasteiger charge is -2.04. The lowest BCUT2D eigenvalue weighted by molar-refractivity contribution is 0.0237. The van der Waals surface area contributed by atoms with Crippen molar-refractivity contribution < 1.29 is 9.63 Å². The van der Waals surface area contributed by atoms with E-state index in [2.05, 4.69) is 5.48 Å². The summed E-state index contributed by atoms with van der Waals surface area (Å²) in [5.41, 5.74) is 3.50. The molecule has 1 amide bonds. The van der Waals surface area contributed by atoms with Gasteiger partial charge in [0.1, 0.15) is 0 Å². The Bertz CT molecular complexity index is 659. The highest BCUT2D eigenvalue weighted by molar-refractivity contribution is 7.27. The van der Waals surface area contributed by atoms with E-state index >= 15 is 0 Å². The highest BCUT2D eigenvalue weighted by atomic mass is 32.1. The quantitative estimate of drug-likeness (QED) is 0.741. The second-order valence-electron chi connectivity index (χ2n) is 3.97. The standard InChI is InChI=1S/C14H11NO2S2/c16-14(13-8-12-11(19-13)6-7-18-12)15-17-9-10-4-2-1-3-5-10/h1-8H,9H2,(H,15,16). The Morgan fingerprint density at radius 2 is 2.00 bits per heavy atom. The van der Waals surface area contributed by atoms with Gasteiger partial charge in [0.05, 0.1) is 11.5 Å². The molecule has 5 heteroatoms. The average molecular weight is 289 g/mol. The molecule has 0 aliphatic rings. The van der Waals surface area contributed by atoms with Crippen LogP contribution in [0, 0.1) is 0 Å². The number of hydroxylamine groups is 1. The molecule has 0 spiro atoms. The number of carbonyl (C=O) groups excluding carboxylic acids is 1. The summed E-state index contributed by atoms with van der Waals surface area (Å²) >= 11 is 3.11. The van der Waals surface area contributed by atoms with Crippen LogP contribution in [-0.2, 0) is 11.4 Å². The number of fused-ring (bicyclic) bond motifs is 1. The molecular weight excluding hydrogens is 278 g/mol. The fraction of sp³-hybridized carbons (Fsp3) is 0.0714. The van der Waals surface area contributed by atoms with Crippen LogP contribution in [0.1, 0.15) is 15.2 Å². The SMILES string of the molecule is O=C(NOCc1ccccc1)c1cc2sccc2s1. The molecule has 0 saturated carbocycles. The molecular formula is C14H11NO2S2. The Balaban J connectivity index is 1.58. The van der Waals surface area contributed by atoms with E-state index in [0.717, 1.165) is 15.0 Å². The molecule has 1 aromatic carbocycles. The first-order valence-electron chi connectivity index (χ1n) is 5.76. The van der Waals surface area contributed by atoms with Crippen molar-refractivity contribution in [2.75, 3.05) is 0 Å². The molecule has 0 unspecified atom stereocenters. The molecule has 0 aliphatic carbocycles. The van der Waals surface area contributed by atoms with E-state index in [1.165, 1.54) is 11.3 Å². The maximum atomic E-state index is 11.9. The molecule has 0 bridgehead atoms. The Morgan fingerprint density at radius 1 is 1.16 bits per heavy atom. The number of carbonyl (C=O) groups is 1. The fourth-order valence-electron chi connectivity index (χ4n) is 1.69. The van der Waals surface area contributed by atoms with Gasteiger partial charge in [0.15, 0.2) is 0 Å². The van der Waals surface area contributed by atoms with Crippen LogP contribution in [0.4, 0.5) is 0 Å². The summed E-state index contributed by atoms with van der Waals surface area (Å²) in [5.74, 6) is -0.190. The summed E-state index contributed by atoms with van der Waals surface area (Å²) in [6, 6.07) is 13.6.